The molecule has 3 rings (SSSR count). The molecule has 4 heteroatoms. The van der Waals surface area contributed by atoms with Gasteiger partial charge in [0.1, 0.15) is 0 Å². The van der Waals surface area contributed by atoms with Crippen LogP contribution in [0.3, 0.4) is 0 Å². The first-order valence-corrected chi connectivity index (χ1v) is 6.90. The van der Waals surface area contributed by atoms with Crippen LogP contribution < -0.4 is 10.6 Å². The molecule has 1 fully saturated rings. The van der Waals surface area contributed by atoms with E-state index >= 15 is 0 Å². The smallest absolute Gasteiger partial charge is 0.229 e. The minimum absolute atomic E-state index is 0.120. The fraction of sp³-hybridized carbons (Fsp3) is 0.462. The minimum Gasteiger partial charge on any atom is -0.380 e. The second-order valence-corrected chi connectivity index (χ2v) is 5.74. The number of anilines is 2. The normalized spacial score (nSPS) is 27.2. The molecule has 2 N–H and O–H groups in total. The maximum atomic E-state index is 12.2. The maximum absolute atomic E-state index is 12.2. The summed E-state index contributed by atoms with van der Waals surface area (Å²) in [6, 6.07) is 6.28. The van der Waals surface area contributed by atoms with Gasteiger partial charge in [-0.25, -0.2) is 0 Å². The predicted octanol–water partition coefficient (Wildman–Crippen LogP) is 3.37. The summed E-state index contributed by atoms with van der Waals surface area (Å²) in [6.07, 6.45) is 4.47. The summed E-state index contributed by atoms with van der Waals surface area (Å²) in [5, 5.41) is 6.55. The summed E-state index contributed by atoms with van der Waals surface area (Å²) >= 11 is 3.43. The van der Waals surface area contributed by atoms with Crippen molar-refractivity contribution in [2.75, 3.05) is 10.6 Å². The summed E-state index contributed by atoms with van der Waals surface area (Å²) in [4.78, 5) is 12.2. The Balaban J connectivity index is 1.97. The van der Waals surface area contributed by atoms with Crippen LogP contribution in [-0.4, -0.2) is 11.9 Å². The van der Waals surface area contributed by atoms with Crippen molar-refractivity contribution in [2.45, 2.75) is 31.7 Å². The van der Waals surface area contributed by atoms with Crippen molar-refractivity contribution >= 4 is 33.2 Å². The van der Waals surface area contributed by atoms with E-state index in [2.05, 4.69) is 26.6 Å². The lowest BCUT2D eigenvalue weighted by Gasteiger charge is -2.29. The third-order valence-corrected chi connectivity index (χ3v) is 4.18. The Morgan fingerprint density at radius 2 is 2.00 bits per heavy atom. The minimum atomic E-state index is 0.120. The van der Waals surface area contributed by atoms with Crippen LogP contribution in [0.5, 0.6) is 0 Å². The van der Waals surface area contributed by atoms with E-state index in [1.807, 2.05) is 18.2 Å². The first kappa shape index (κ1) is 11.1. The van der Waals surface area contributed by atoms with Crippen molar-refractivity contribution in [3.8, 4) is 0 Å². The molecule has 1 heterocycles. The van der Waals surface area contributed by atoms with Crippen LogP contribution >= 0.6 is 15.9 Å². The van der Waals surface area contributed by atoms with Gasteiger partial charge in [-0.2, -0.15) is 0 Å². The van der Waals surface area contributed by atoms with Crippen LogP contribution in [0.1, 0.15) is 25.7 Å². The SMILES string of the molecule is O=C1Nc2cc(Br)ccc2NC2CCCCC12. The number of carbonyl (C=O) groups is 1. The Morgan fingerprint density at radius 1 is 1.18 bits per heavy atom. The van der Waals surface area contributed by atoms with Gasteiger partial charge >= 0.3 is 0 Å². The highest BCUT2D eigenvalue weighted by Gasteiger charge is 2.33. The molecule has 1 aliphatic carbocycles. The molecule has 0 saturated heterocycles. The van der Waals surface area contributed by atoms with E-state index < -0.39 is 0 Å². The van der Waals surface area contributed by atoms with Crippen molar-refractivity contribution in [1.29, 1.82) is 0 Å². The molecule has 0 bridgehead atoms. The number of fused-ring (bicyclic) bond motifs is 2. The van der Waals surface area contributed by atoms with Crippen molar-refractivity contribution in [3.63, 3.8) is 0 Å². The van der Waals surface area contributed by atoms with E-state index in [1.165, 1.54) is 6.42 Å². The Kier molecular flexibility index (Phi) is 2.82. The molecule has 0 aromatic heterocycles. The van der Waals surface area contributed by atoms with Crippen molar-refractivity contribution < 1.29 is 4.79 Å². The van der Waals surface area contributed by atoms with Gasteiger partial charge in [-0.3, -0.25) is 4.79 Å². The molecule has 0 radical (unpaired) electrons. The number of carbonyl (C=O) groups excluding carboxylic acids is 1. The van der Waals surface area contributed by atoms with Crippen LogP contribution in [0.4, 0.5) is 11.4 Å². The van der Waals surface area contributed by atoms with Gasteiger partial charge in [-0.15, -0.1) is 0 Å². The number of rotatable bonds is 0. The monoisotopic (exact) mass is 294 g/mol. The third-order valence-electron chi connectivity index (χ3n) is 3.68. The number of benzene rings is 1. The van der Waals surface area contributed by atoms with Gasteiger partial charge in [-0.1, -0.05) is 28.8 Å². The average molecular weight is 295 g/mol. The lowest BCUT2D eigenvalue weighted by Crippen LogP contribution is -2.37. The molecule has 0 spiro atoms. The summed E-state index contributed by atoms with van der Waals surface area (Å²) in [5.74, 6) is 0.286. The van der Waals surface area contributed by atoms with E-state index in [0.717, 1.165) is 35.1 Å². The number of nitrogens with one attached hydrogen (secondary N) is 2. The molecule has 2 unspecified atom stereocenters. The number of amides is 1. The van der Waals surface area contributed by atoms with Crippen LogP contribution in [0, 0.1) is 5.92 Å². The molecular weight excluding hydrogens is 280 g/mol. The van der Waals surface area contributed by atoms with Crippen LogP contribution in [0.15, 0.2) is 22.7 Å². The van der Waals surface area contributed by atoms with E-state index in [0.29, 0.717) is 6.04 Å². The fourth-order valence-electron chi connectivity index (χ4n) is 2.79. The quantitative estimate of drug-likeness (QED) is 0.770. The second-order valence-electron chi connectivity index (χ2n) is 4.82. The van der Waals surface area contributed by atoms with Gasteiger partial charge in [0, 0.05) is 10.5 Å². The van der Waals surface area contributed by atoms with Gasteiger partial charge in [0.25, 0.3) is 0 Å². The van der Waals surface area contributed by atoms with Crippen molar-refractivity contribution in [3.05, 3.63) is 22.7 Å². The van der Waals surface area contributed by atoms with E-state index in [-0.39, 0.29) is 11.8 Å². The highest BCUT2D eigenvalue weighted by atomic mass is 79.9. The lowest BCUT2D eigenvalue weighted by atomic mass is 9.84. The van der Waals surface area contributed by atoms with E-state index in [9.17, 15) is 4.79 Å². The molecule has 1 aromatic carbocycles. The Bertz CT molecular complexity index is 461. The average Bonchev–Trinajstić information content (AvgIpc) is 2.46. The molecular formula is C13H15BrN2O. The second kappa shape index (κ2) is 4.33. The van der Waals surface area contributed by atoms with Gasteiger partial charge in [0.05, 0.1) is 17.3 Å². The Morgan fingerprint density at radius 3 is 2.88 bits per heavy atom. The van der Waals surface area contributed by atoms with Gasteiger partial charge in [-0.05, 0) is 31.0 Å². The van der Waals surface area contributed by atoms with Crippen molar-refractivity contribution in [2.24, 2.45) is 5.92 Å². The summed E-state index contributed by atoms with van der Waals surface area (Å²) in [5.41, 5.74) is 1.93. The molecule has 1 aliphatic heterocycles. The molecule has 1 amide bonds. The number of hydrogen-bond donors (Lipinski definition) is 2. The van der Waals surface area contributed by atoms with Crippen molar-refractivity contribution in [1.82, 2.24) is 0 Å². The molecule has 17 heavy (non-hydrogen) atoms. The first-order chi connectivity index (χ1) is 8.24. The van der Waals surface area contributed by atoms with Crippen LogP contribution in [-0.2, 0) is 4.79 Å². The molecule has 3 nitrogen and oxygen atoms in total. The fourth-order valence-corrected chi connectivity index (χ4v) is 3.15. The highest BCUT2D eigenvalue weighted by Crippen LogP contribution is 2.35. The zero-order chi connectivity index (χ0) is 11.8. The number of halogens is 1. The molecule has 1 saturated carbocycles. The largest absolute Gasteiger partial charge is 0.380 e. The van der Waals surface area contributed by atoms with Gasteiger partial charge in [0.15, 0.2) is 0 Å². The summed E-state index contributed by atoms with van der Waals surface area (Å²) < 4.78 is 0.989. The third kappa shape index (κ3) is 2.06. The first-order valence-electron chi connectivity index (χ1n) is 6.11. The molecule has 1 aromatic rings. The van der Waals surface area contributed by atoms with E-state index in [4.69, 9.17) is 0 Å². The zero-order valence-corrected chi connectivity index (χ0v) is 11.1. The summed E-state index contributed by atoms with van der Waals surface area (Å²) in [6.45, 7) is 0. The molecule has 90 valence electrons. The van der Waals surface area contributed by atoms with Crippen LogP contribution in [0.2, 0.25) is 0 Å². The zero-order valence-electron chi connectivity index (χ0n) is 9.50. The molecule has 2 atom stereocenters. The Labute approximate surface area is 109 Å². The van der Waals surface area contributed by atoms with Crippen LogP contribution in [0.25, 0.3) is 0 Å². The van der Waals surface area contributed by atoms with Gasteiger partial charge in [0.2, 0.25) is 5.91 Å². The summed E-state index contributed by atoms with van der Waals surface area (Å²) in [7, 11) is 0. The Hall–Kier alpha value is -1.03. The molecule has 2 aliphatic rings. The van der Waals surface area contributed by atoms with Gasteiger partial charge < -0.3 is 10.6 Å². The maximum Gasteiger partial charge on any atom is 0.229 e. The predicted molar refractivity (Wildman–Crippen MR) is 72.1 cm³/mol. The topological polar surface area (TPSA) is 41.1 Å². The number of hydrogen-bond acceptors (Lipinski definition) is 2. The van der Waals surface area contributed by atoms with E-state index in [1.54, 1.807) is 0 Å². The lowest BCUT2D eigenvalue weighted by molar-refractivity contribution is -0.120. The highest BCUT2D eigenvalue weighted by molar-refractivity contribution is 9.10. The standard InChI is InChI=1S/C13H15BrN2O/c14-8-5-6-11-12(7-8)16-13(17)9-3-1-2-4-10(9)15-11/h5-7,9-10,15H,1-4H2,(H,16,17).